The first-order valence-corrected chi connectivity index (χ1v) is 8.71. The molecule has 0 aliphatic heterocycles. The first-order valence-electron chi connectivity index (χ1n) is 8.71. The molecule has 0 bridgehead atoms. The number of hydrogen-bond donors (Lipinski definition) is 0. The van der Waals surface area contributed by atoms with Gasteiger partial charge in [-0.1, -0.05) is 24.3 Å². The van der Waals surface area contributed by atoms with Gasteiger partial charge >= 0.3 is 6.18 Å². The van der Waals surface area contributed by atoms with Crippen LogP contribution >= 0.6 is 0 Å². The summed E-state index contributed by atoms with van der Waals surface area (Å²) in [5.41, 5.74) is -1.00. The van der Waals surface area contributed by atoms with Gasteiger partial charge in [-0.3, -0.25) is 9.59 Å². The Labute approximate surface area is 170 Å². The number of hydrogen-bond acceptors (Lipinski definition) is 5. The maximum absolute atomic E-state index is 13.2. The summed E-state index contributed by atoms with van der Waals surface area (Å²) in [7, 11) is 3.88. The monoisotopic (exact) mass is 418 g/mol. The molecule has 3 rings (SSSR count). The molecule has 1 aliphatic carbocycles. The molecule has 5 nitrogen and oxygen atoms in total. The van der Waals surface area contributed by atoms with Crippen LogP contribution in [0.25, 0.3) is 11.1 Å². The zero-order valence-corrected chi connectivity index (χ0v) is 16.3. The Morgan fingerprint density at radius 3 is 1.70 bits per heavy atom. The fourth-order valence-electron chi connectivity index (χ4n) is 3.18. The summed E-state index contributed by atoms with van der Waals surface area (Å²) in [5.74, 6) is -1.52. The molecule has 0 amide bonds. The fourth-order valence-corrected chi connectivity index (χ4v) is 3.18. The lowest BCUT2D eigenvalue weighted by atomic mass is 9.85. The van der Waals surface area contributed by atoms with E-state index >= 15 is 0 Å². The van der Waals surface area contributed by atoms with E-state index in [1.807, 2.05) is 0 Å². The average Bonchev–Trinajstić information content (AvgIpc) is 2.74. The lowest BCUT2D eigenvalue weighted by Crippen LogP contribution is -2.25. The molecule has 1 aliphatic rings. The summed E-state index contributed by atoms with van der Waals surface area (Å²) in [4.78, 5) is 26.3. The number of alkyl halides is 3. The summed E-state index contributed by atoms with van der Waals surface area (Å²) in [5, 5.41) is 0. The van der Waals surface area contributed by atoms with Crippen LogP contribution in [-0.4, -0.2) is 32.9 Å². The van der Waals surface area contributed by atoms with E-state index in [4.69, 9.17) is 14.2 Å². The third-order valence-electron chi connectivity index (χ3n) is 4.59. The van der Waals surface area contributed by atoms with Crippen molar-refractivity contribution in [1.82, 2.24) is 0 Å². The molecule has 0 N–H and O–H groups in total. The predicted octanol–water partition coefficient (Wildman–Crippen LogP) is 4.28. The van der Waals surface area contributed by atoms with E-state index in [0.29, 0.717) is 11.3 Å². The van der Waals surface area contributed by atoms with Crippen LogP contribution in [0.2, 0.25) is 0 Å². The molecule has 156 valence electrons. The molecule has 0 heterocycles. The number of benzene rings is 2. The second-order valence-corrected chi connectivity index (χ2v) is 6.28. The Morgan fingerprint density at radius 1 is 0.700 bits per heavy atom. The van der Waals surface area contributed by atoms with Gasteiger partial charge in [-0.05, 0) is 35.4 Å². The smallest absolute Gasteiger partial charge is 0.416 e. The third kappa shape index (κ3) is 3.68. The van der Waals surface area contributed by atoms with E-state index in [1.165, 1.54) is 27.4 Å². The second-order valence-electron chi connectivity index (χ2n) is 6.28. The van der Waals surface area contributed by atoms with E-state index in [2.05, 4.69) is 0 Å². The Balaban J connectivity index is 2.18. The van der Waals surface area contributed by atoms with Gasteiger partial charge in [0.15, 0.2) is 11.5 Å². The molecule has 2 aromatic carbocycles. The average molecular weight is 418 g/mol. The first-order chi connectivity index (χ1) is 14.2. The molecular formula is C22H17F3O5. The number of halogens is 3. The molecule has 30 heavy (non-hydrogen) atoms. The summed E-state index contributed by atoms with van der Waals surface area (Å²) in [6.07, 6.45) is -4.61. The minimum atomic E-state index is -4.61. The minimum absolute atomic E-state index is 0.0438. The lowest BCUT2D eigenvalue weighted by molar-refractivity contribution is -0.137. The van der Waals surface area contributed by atoms with Gasteiger partial charge in [-0.15, -0.1) is 0 Å². The number of ketones is 2. The molecule has 0 saturated carbocycles. The number of methoxy groups -OCH3 is 3. The number of carbonyl (C=O) groups is 2. The minimum Gasteiger partial charge on any atom is -0.497 e. The van der Waals surface area contributed by atoms with Gasteiger partial charge in [0.05, 0.1) is 38.0 Å². The molecule has 2 aromatic rings. The van der Waals surface area contributed by atoms with Crippen LogP contribution < -0.4 is 4.74 Å². The molecule has 0 atom stereocenters. The van der Waals surface area contributed by atoms with Crippen molar-refractivity contribution in [3.05, 3.63) is 76.7 Å². The van der Waals surface area contributed by atoms with Crippen LogP contribution in [0.5, 0.6) is 5.75 Å². The molecule has 0 aromatic heterocycles. The van der Waals surface area contributed by atoms with Crippen LogP contribution in [0.4, 0.5) is 13.2 Å². The molecule has 0 spiro atoms. The number of ether oxygens (including phenoxy) is 3. The summed E-state index contributed by atoms with van der Waals surface area (Å²) >= 11 is 0. The highest BCUT2D eigenvalue weighted by molar-refractivity contribution is 6.46. The Bertz CT molecular complexity index is 1060. The Kier molecular flexibility index (Phi) is 5.69. The van der Waals surface area contributed by atoms with Crippen LogP contribution in [0, 0.1) is 0 Å². The third-order valence-corrected chi connectivity index (χ3v) is 4.59. The van der Waals surface area contributed by atoms with Crippen molar-refractivity contribution in [3.8, 4) is 5.75 Å². The highest BCUT2D eigenvalue weighted by Gasteiger charge is 2.39. The van der Waals surface area contributed by atoms with E-state index < -0.39 is 23.3 Å². The standard InChI is InChI=1S/C22H17F3O5/c1-28-15-9-7-12(8-10-15)16-18(26)21(30-3)17(19(27)20(16)29-2)13-5-4-6-14(11-13)22(23,24)25/h4-11H,1-3H3. The lowest BCUT2D eigenvalue weighted by Gasteiger charge is -2.23. The van der Waals surface area contributed by atoms with Gasteiger partial charge in [-0.2, -0.15) is 13.2 Å². The highest BCUT2D eigenvalue weighted by atomic mass is 19.4. The number of carbonyl (C=O) groups excluding carboxylic acids is 2. The van der Waals surface area contributed by atoms with Crippen molar-refractivity contribution in [2.45, 2.75) is 6.18 Å². The van der Waals surface area contributed by atoms with Crippen molar-refractivity contribution in [3.63, 3.8) is 0 Å². The van der Waals surface area contributed by atoms with Crippen LogP contribution in [-0.2, 0) is 25.2 Å². The van der Waals surface area contributed by atoms with E-state index in [9.17, 15) is 22.8 Å². The van der Waals surface area contributed by atoms with Crippen molar-refractivity contribution in [2.24, 2.45) is 0 Å². The molecule has 0 saturated heterocycles. The zero-order chi connectivity index (χ0) is 22.1. The largest absolute Gasteiger partial charge is 0.497 e. The maximum Gasteiger partial charge on any atom is 0.416 e. The zero-order valence-electron chi connectivity index (χ0n) is 16.3. The maximum atomic E-state index is 13.2. The number of allylic oxidation sites excluding steroid dienone is 2. The molecule has 0 unspecified atom stereocenters. The normalized spacial score (nSPS) is 14.9. The Hall–Kier alpha value is -3.55. The van der Waals surface area contributed by atoms with Gasteiger partial charge < -0.3 is 14.2 Å². The number of rotatable bonds is 5. The van der Waals surface area contributed by atoms with Gasteiger partial charge in [0.2, 0.25) is 11.6 Å². The fraction of sp³-hybridized carbons (Fsp3) is 0.182. The summed E-state index contributed by atoms with van der Waals surface area (Å²) in [6, 6.07) is 10.5. The first kappa shape index (κ1) is 21.2. The SMILES string of the molecule is COC1=C(c2ccc(OC)cc2)C(=O)C(OC)=C(c2cccc(C(F)(F)F)c2)C1=O. The van der Waals surface area contributed by atoms with Crippen molar-refractivity contribution in [2.75, 3.05) is 21.3 Å². The summed E-state index contributed by atoms with van der Waals surface area (Å²) < 4.78 is 54.9. The van der Waals surface area contributed by atoms with Crippen LogP contribution in [0.15, 0.2) is 60.0 Å². The quantitative estimate of drug-likeness (QED) is 0.679. The van der Waals surface area contributed by atoms with Gasteiger partial charge in [-0.25, -0.2) is 0 Å². The van der Waals surface area contributed by atoms with E-state index in [-0.39, 0.29) is 28.2 Å². The number of Topliss-reactive ketones (excluding diaryl/α,β-unsaturated/α-hetero) is 2. The highest BCUT2D eigenvalue weighted by Crippen LogP contribution is 2.38. The van der Waals surface area contributed by atoms with Gasteiger partial charge in [0.1, 0.15) is 5.75 Å². The van der Waals surface area contributed by atoms with E-state index in [1.54, 1.807) is 24.3 Å². The van der Waals surface area contributed by atoms with Crippen LogP contribution in [0.3, 0.4) is 0 Å². The van der Waals surface area contributed by atoms with Crippen LogP contribution in [0.1, 0.15) is 16.7 Å². The predicted molar refractivity (Wildman–Crippen MR) is 102 cm³/mol. The topological polar surface area (TPSA) is 61.8 Å². The second kappa shape index (κ2) is 8.06. The van der Waals surface area contributed by atoms with Crippen molar-refractivity contribution >= 4 is 22.7 Å². The van der Waals surface area contributed by atoms with Crippen molar-refractivity contribution in [1.29, 1.82) is 0 Å². The molecule has 8 heteroatoms. The van der Waals surface area contributed by atoms with Crippen molar-refractivity contribution < 1.29 is 37.0 Å². The summed E-state index contributed by atoms with van der Waals surface area (Å²) in [6.45, 7) is 0. The van der Waals surface area contributed by atoms with E-state index in [0.717, 1.165) is 18.2 Å². The Morgan fingerprint density at radius 2 is 1.23 bits per heavy atom. The molecule has 0 radical (unpaired) electrons. The van der Waals surface area contributed by atoms with Gasteiger partial charge in [0.25, 0.3) is 0 Å². The molecular weight excluding hydrogens is 401 g/mol. The van der Waals surface area contributed by atoms with Gasteiger partial charge in [0, 0.05) is 0 Å². The molecule has 0 fully saturated rings.